The van der Waals surface area contributed by atoms with E-state index in [1.54, 1.807) is 6.92 Å². The summed E-state index contributed by atoms with van der Waals surface area (Å²) in [6, 6.07) is 4.62. The fraction of sp³-hybridized carbons (Fsp3) is 0.588. The molecule has 23 heavy (non-hydrogen) atoms. The first-order chi connectivity index (χ1) is 11.1. The summed E-state index contributed by atoms with van der Waals surface area (Å²) in [5.74, 6) is -0.482. The number of fused-ring (bicyclic) bond motifs is 1. The summed E-state index contributed by atoms with van der Waals surface area (Å²) >= 11 is 0. The van der Waals surface area contributed by atoms with Gasteiger partial charge in [0.1, 0.15) is 5.82 Å². The van der Waals surface area contributed by atoms with Gasteiger partial charge < -0.3 is 15.2 Å². The van der Waals surface area contributed by atoms with Crippen molar-refractivity contribution in [2.45, 2.75) is 38.0 Å². The first-order valence-electron chi connectivity index (χ1n) is 8.10. The molecule has 2 N–H and O–H groups in total. The molecule has 2 heterocycles. The van der Waals surface area contributed by atoms with Gasteiger partial charge in [-0.3, -0.25) is 9.69 Å². The van der Waals surface area contributed by atoms with Crippen molar-refractivity contribution in [2.24, 2.45) is 0 Å². The van der Waals surface area contributed by atoms with Gasteiger partial charge >= 0.3 is 0 Å². The zero-order valence-electron chi connectivity index (χ0n) is 13.3. The van der Waals surface area contributed by atoms with Crippen LogP contribution in [-0.4, -0.2) is 60.4 Å². The second-order valence-electron chi connectivity index (χ2n) is 6.44. The third-order valence-corrected chi connectivity index (χ3v) is 4.71. The van der Waals surface area contributed by atoms with E-state index in [2.05, 4.69) is 10.2 Å². The number of hydrogen-bond donors (Lipinski definition) is 2. The number of carbonyl (C=O) groups is 1. The number of aryl methyl sites for hydroxylation is 1. The van der Waals surface area contributed by atoms with Gasteiger partial charge in [-0.05, 0) is 43.5 Å². The molecule has 2 saturated heterocycles. The molecule has 0 spiro atoms. The van der Waals surface area contributed by atoms with E-state index in [1.165, 1.54) is 18.2 Å². The first-order valence-corrected chi connectivity index (χ1v) is 8.10. The Labute approximate surface area is 135 Å². The smallest absolute Gasteiger partial charge is 0.251 e. The minimum atomic E-state index is -0.330. The van der Waals surface area contributed by atoms with Crippen LogP contribution < -0.4 is 5.32 Å². The Bertz CT molecular complexity index is 581. The molecular formula is C17H23FN2O3. The van der Waals surface area contributed by atoms with Gasteiger partial charge in [0.25, 0.3) is 5.91 Å². The molecule has 3 atom stereocenters. The van der Waals surface area contributed by atoms with E-state index >= 15 is 0 Å². The van der Waals surface area contributed by atoms with Crippen LogP contribution in [0, 0.1) is 12.7 Å². The van der Waals surface area contributed by atoms with Gasteiger partial charge in [0, 0.05) is 37.3 Å². The number of aliphatic hydroxyl groups is 1. The van der Waals surface area contributed by atoms with E-state index in [4.69, 9.17) is 9.84 Å². The number of benzene rings is 1. The Morgan fingerprint density at radius 3 is 3.04 bits per heavy atom. The van der Waals surface area contributed by atoms with Crippen molar-refractivity contribution in [3.8, 4) is 0 Å². The van der Waals surface area contributed by atoms with Crippen LogP contribution in [0.4, 0.5) is 4.39 Å². The van der Waals surface area contributed by atoms with E-state index < -0.39 is 0 Å². The standard InChI is InChI=1S/C17H23FN2O3/c1-11-6-12(18)2-3-16(11)17(22)19-13-7-14-10-23-15(4-5-21)9-20(14)8-13/h2-3,6,13-15,21H,4-5,7-10H2,1H3,(H,19,22)/t13-,14-,15-/m0/s1. The monoisotopic (exact) mass is 322 g/mol. The number of halogens is 1. The Morgan fingerprint density at radius 2 is 2.30 bits per heavy atom. The van der Waals surface area contributed by atoms with Crippen LogP contribution in [0.3, 0.4) is 0 Å². The van der Waals surface area contributed by atoms with Gasteiger partial charge in [-0.2, -0.15) is 0 Å². The molecule has 2 fully saturated rings. The van der Waals surface area contributed by atoms with Crippen molar-refractivity contribution < 1.29 is 19.0 Å². The Hall–Kier alpha value is -1.50. The lowest BCUT2D eigenvalue weighted by atomic mass is 10.1. The van der Waals surface area contributed by atoms with Gasteiger partial charge in [-0.25, -0.2) is 4.39 Å². The molecule has 126 valence electrons. The predicted molar refractivity (Wildman–Crippen MR) is 83.8 cm³/mol. The van der Waals surface area contributed by atoms with Crippen LogP contribution in [0.15, 0.2) is 18.2 Å². The number of nitrogens with one attached hydrogen (secondary N) is 1. The minimum Gasteiger partial charge on any atom is -0.396 e. The number of morpholine rings is 1. The Kier molecular flexibility index (Phi) is 4.94. The van der Waals surface area contributed by atoms with E-state index in [9.17, 15) is 9.18 Å². The average Bonchev–Trinajstić information content (AvgIpc) is 2.88. The van der Waals surface area contributed by atoms with Crippen molar-refractivity contribution in [1.82, 2.24) is 10.2 Å². The molecule has 0 unspecified atom stereocenters. The van der Waals surface area contributed by atoms with Crippen LogP contribution in [0.2, 0.25) is 0 Å². The van der Waals surface area contributed by atoms with E-state index in [0.29, 0.717) is 30.2 Å². The molecule has 6 heteroatoms. The molecular weight excluding hydrogens is 299 g/mol. The van der Waals surface area contributed by atoms with Gasteiger partial charge in [0.2, 0.25) is 0 Å². The molecule has 0 bridgehead atoms. The molecule has 1 aromatic carbocycles. The van der Waals surface area contributed by atoms with E-state index in [-0.39, 0.29) is 30.5 Å². The lowest BCUT2D eigenvalue weighted by Crippen LogP contribution is -2.46. The highest BCUT2D eigenvalue weighted by Crippen LogP contribution is 2.24. The lowest BCUT2D eigenvalue weighted by molar-refractivity contribution is -0.0566. The van der Waals surface area contributed by atoms with Gasteiger partial charge in [-0.1, -0.05) is 0 Å². The van der Waals surface area contributed by atoms with Crippen LogP contribution >= 0.6 is 0 Å². The molecule has 0 radical (unpaired) electrons. The summed E-state index contributed by atoms with van der Waals surface area (Å²) in [4.78, 5) is 14.7. The zero-order chi connectivity index (χ0) is 16.4. The average molecular weight is 322 g/mol. The summed E-state index contributed by atoms with van der Waals surface area (Å²) in [6.07, 6.45) is 1.58. The van der Waals surface area contributed by atoms with Gasteiger partial charge in [0.05, 0.1) is 12.7 Å². The molecule has 5 nitrogen and oxygen atoms in total. The summed E-state index contributed by atoms with van der Waals surface area (Å²) < 4.78 is 18.9. The third kappa shape index (κ3) is 3.71. The fourth-order valence-corrected chi connectivity index (χ4v) is 3.51. The maximum atomic E-state index is 13.1. The topological polar surface area (TPSA) is 61.8 Å². The van der Waals surface area contributed by atoms with Crippen molar-refractivity contribution >= 4 is 5.91 Å². The van der Waals surface area contributed by atoms with Crippen molar-refractivity contribution in [3.63, 3.8) is 0 Å². The molecule has 1 amide bonds. The van der Waals surface area contributed by atoms with Crippen LogP contribution in [0.5, 0.6) is 0 Å². The van der Waals surface area contributed by atoms with Crippen LogP contribution in [0.25, 0.3) is 0 Å². The summed E-state index contributed by atoms with van der Waals surface area (Å²) in [7, 11) is 0. The third-order valence-electron chi connectivity index (χ3n) is 4.71. The highest BCUT2D eigenvalue weighted by molar-refractivity contribution is 5.95. The number of aliphatic hydroxyl groups excluding tert-OH is 1. The van der Waals surface area contributed by atoms with E-state index in [0.717, 1.165) is 19.5 Å². The number of ether oxygens (including phenoxy) is 1. The first kappa shape index (κ1) is 16.4. The van der Waals surface area contributed by atoms with Gasteiger partial charge in [-0.15, -0.1) is 0 Å². The summed E-state index contributed by atoms with van der Waals surface area (Å²) in [5.41, 5.74) is 1.16. The normalized spacial score (nSPS) is 27.7. The Balaban J connectivity index is 1.58. The molecule has 3 rings (SSSR count). The molecule has 0 saturated carbocycles. The van der Waals surface area contributed by atoms with Crippen LogP contribution in [-0.2, 0) is 4.74 Å². The summed E-state index contributed by atoms with van der Waals surface area (Å²) in [5, 5.41) is 12.1. The number of carbonyl (C=O) groups excluding carboxylic acids is 1. The molecule has 0 aromatic heterocycles. The quantitative estimate of drug-likeness (QED) is 0.871. The minimum absolute atomic E-state index is 0.0741. The second kappa shape index (κ2) is 6.95. The maximum absolute atomic E-state index is 13.1. The predicted octanol–water partition coefficient (Wildman–Crippen LogP) is 1.09. The van der Waals surface area contributed by atoms with Crippen molar-refractivity contribution in [3.05, 3.63) is 35.1 Å². The number of hydrogen-bond acceptors (Lipinski definition) is 4. The number of nitrogens with zero attached hydrogens (tertiary/aromatic N) is 1. The van der Waals surface area contributed by atoms with Crippen molar-refractivity contribution in [1.29, 1.82) is 0 Å². The second-order valence-corrected chi connectivity index (χ2v) is 6.44. The number of amides is 1. The SMILES string of the molecule is Cc1cc(F)ccc1C(=O)N[C@H]1C[C@H]2CO[C@@H](CCO)CN2C1. The van der Waals surface area contributed by atoms with Gasteiger partial charge in [0.15, 0.2) is 0 Å². The number of rotatable bonds is 4. The van der Waals surface area contributed by atoms with Crippen molar-refractivity contribution in [2.75, 3.05) is 26.3 Å². The van der Waals surface area contributed by atoms with E-state index in [1.807, 2.05) is 0 Å². The molecule has 2 aliphatic rings. The largest absolute Gasteiger partial charge is 0.396 e. The summed E-state index contributed by atoms with van der Waals surface area (Å²) in [6.45, 7) is 4.11. The highest BCUT2D eigenvalue weighted by Gasteiger charge is 2.37. The lowest BCUT2D eigenvalue weighted by Gasteiger charge is -2.34. The van der Waals surface area contributed by atoms with Crippen LogP contribution in [0.1, 0.15) is 28.8 Å². The zero-order valence-corrected chi connectivity index (χ0v) is 13.3. The highest BCUT2D eigenvalue weighted by atomic mass is 19.1. The molecule has 2 aliphatic heterocycles. The fourth-order valence-electron chi connectivity index (χ4n) is 3.51. The molecule has 0 aliphatic carbocycles. The molecule has 1 aromatic rings. The maximum Gasteiger partial charge on any atom is 0.251 e. The Morgan fingerprint density at radius 1 is 1.48 bits per heavy atom.